The van der Waals surface area contributed by atoms with E-state index in [9.17, 15) is 4.79 Å². The second-order valence-electron chi connectivity index (χ2n) is 4.97. The van der Waals surface area contributed by atoms with Crippen LogP contribution in [0.5, 0.6) is 0 Å². The van der Waals surface area contributed by atoms with Crippen molar-refractivity contribution >= 4 is 28.8 Å². The normalized spacial score (nSPS) is 10.3. The van der Waals surface area contributed by atoms with E-state index >= 15 is 0 Å². The molecule has 0 saturated heterocycles. The lowest BCUT2D eigenvalue weighted by molar-refractivity contribution is -0.119. The van der Waals surface area contributed by atoms with E-state index in [-0.39, 0.29) is 5.91 Å². The third-order valence-electron chi connectivity index (χ3n) is 2.66. The number of nitrogens with two attached hydrogens (primary N) is 1. The zero-order valence-corrected chi connectivity index (χ0v) is 12.5. The van der Waals surface area contributed by atoms with Gasteiger partial charge in [0.25, 0.3) is 0 Å². The Balaban J connectivity index is 2.62. The molecule has 0 aliphatic rings. The van der Waals surface area contributed by atoms with E-state index in [1.807, 2.05) is 36.2 Å². The van der Waals surface area contributed by atoms with Gasteiger partial charge in [-0.1, -0.05) is 38.2 Å². The SMILES string of the molecule is CC(C)CNC(=O)CN(C)c1cccc(C(N)=S)c1. The molecule has 3 N–H and O–H groups in total. The number of amides is 1. The predicted octanol–water partition coefficient (Wildman–Crippen LogP) is 1.53. The number of carbonyl (C=O) groups excluding carboxylic acids is 1. The summed E-state index contributed by atoms with van der Waals surface area (Å²) in [6, 6.07) is 7.56. The maximum Gasteiger partial charge on any atom is 0.239 e. The fraction of sp³-hybridized carbons (Fsp3) is 0.429. The molecule has 0 fully saturated rings. The smallest absolute Gasteiger partial charge is 0.239 e. The first kappa shape index (κ1) is 15.4. The summed E-state index contributed by atoms with van der Waals surface area (Å²) in [5.41, 5.74) is 7.33. The van der Waals surface area contributed by atoms with E-state index in [1.165, 1.54) is 0 Å². The van der Waals surface area contributed by atoms with Crippen molar-refractivity contribution in [3.05, 3.63) is 29.8 Å². The van der Waals surface area contributed by atoms with Crippen molar-refractivity contribution < 1.29 is 4.79 Å². The van der Waals surface area contributed by atoms with Crippen molar-refractivity contribution in [3.63, 3.8) is 0 Å². The summed E-state index contributed by atoms with van der Waals surface area (Å²) in [4.78, 5) is 14.0. The Kier molecular flexibility index (Phi) is 5.76. The van der Waals surface area contributed by atoms with Crippen molar-refractivity contribution in [2.45, 2.75) is 13.8 Å². The van der Waals surface area contributed by atoms with Crippen molar-refractivity contribution in [1.29, 1.82) is 0 Å². The number of hydrogen-bond donors (Lipinski definition) is 2. The third kappa shape index (κ3) is 5.26. The highest BCUT2D eigenvalue weighted by Gasteiger charge is 2.08. The summed E-state index contributed by atoms with van der Waals surface area (Å²) in [7, 11) is 1.87. The average Bonchev–Trinajstić information content (AvgIpc) is 2.36. The average molecular weight is 279 g/mol. The highest BCUT2D eigenvalue weighted by Crippen LogP contribution is 2.14. The number of benzene rings is 1. The Morgan fingerprint density at radius 1 is 1.47 bits per heavy atom. The maximum absolute atomic E-state index is 11.7. The molecule has 1 amide bonds. The van der Waals surface area contributed by atoms with Crippen molar-refractivity contribution in [1.82, 2.24) is 5.32 Å². The number of anilines is 1. The number of rotatable bonds is 6. The van der Waals surface area contributed by atoms with Crippen molar-refractivity contribution in [3.8, 4) is 0 Å². The van der Waals surface area contributed by atoms with Gasteiger partial charge in [0.1, 0.15) is 4.99 Å². The van der Waals surface area contributed by atoms with Crippen LogP contribution in [-0.4, -0.2) is 31.0 Å². The molecule has 1 rings (SSSR count). The summed E-state index contributed by atoms with van der Waals surface area (Å²) in [5, 5.41) is 2.89. The molecule has 5 heteroatoms. The summed E-state index contributed by atoms with van der Waals surface area (Å²) in [6.07, 6.45) is 0. The molecule has 0 bridgehead atoms. The molecule has 0 saturated carbocycles. The first-order valence-electron chi connectivity index (χ1n) is 6.28. The zero-order chi connectivity index (χ0) is 14.4. The Hall–Kier alpha value is -1.62. The summed E-state index contributed by atoms with van der Waals surface area (Å²) in [5.74, 6) is 0.462. The number of carbonyl (C=O) groups is 1. The summed E-state index contributed by atoms with van der Waals surface area (Å²) in [6.45, 7) is 5.14. The lowest BCUT2D eigenvalue weighted by Gasteiger charge is -2.19. The molecule has 19 heavy (non-hydrogen) atoms. The maximum atomic E-state index is 11.7. The van der Waals surface area contributed by atoms with Crippen LogP contribution in [0.15, 0.2) is 24.3 Å². The molecular formula is C14H21N3OS. The van der Waals surface area contributed by atoms with Crippen LogP contribution in [0.25, 0.3) is 0 Å². The van der Waals surface area contributed by atoms with Crippen LogP contribution >= 0.6 is 12.2 Å². The molecule has 0 heterocycles. The van der Waals surface area contributed by atoms with Gasteiger partial charge >= 0.3 is 0 Å². The Morgan fingerprint density at radius 2 is 2.16 bits per heavy atom. The minimum atomic E-state index is 0.0110. The lowest BCUT2D eigenvalue weighted by Crippen LogP contribution is -2.36. The second-order valence-corrected chi connectivity index (χ2v) is 5.41. The standard InChI is InChI=1S/C14H21N3OS/c1-10(2)8-16-13(18)9-17(3)12-6-4-5-11(7-12)14(15)19/h4-7,10H,8-9H2,1-3H3,(H2,15,19)(H,16,18). The summed E-state index contributed by atoms with van der Waals surface area (Å²) >= 11 is 4.95. The third-order valence-corrected chi connectivity index (χ3v) is 2.90. The summed E-state index contributed by atoms with van der Waals surface area (Å²) < 4.78 is 0. The second kappa shape index (κ2) is 7.09. The Bertz CT molecular complexity index is 460. The largest absolute Gasteiger partial charge is 0.389 e. The van der Waals surface area contributed by atoms with Crippen LogP contribution in [0.2, 0.25) is 0 Å². The number of nitrogens with zero attached hydrogens (tertiary/aromatic N) is 1. The number of likely N-dealkylation sites (N-methyl/N-ethyl adjacent to an activating group) is 1. The number of nitrogens with one attached hydrogen (secondary N) is 1. The van der Waals surface area contributed by atoms with E-state index in [4.69, 9.17) is 18.0 Å². The van der Waals surface area contributed by atoms with Gasteiger partial charge in [-0.05, 0) is 18.1 Å². The van der Waals surface area contributed by atoms with Crippen LogP contribution in [0.4, 0.5) is 5.69 Å². The predicted molar refractivity (Wildman–Crippen MR) is 83.4 cm³/mol. The highest BCUT2D eigenvalue weighted by atomic mass is 32.1. The molecule has 4 nitrogen and oxygen atoms in total. The van der Waals surface area contributed by atoms with E-state index in [1.54, 1.807) is 0 Å². The molecule has 0 aliphatic heterocycles. The molecule has 1 aromatic carbocycles. The topological polar surface area (TPSA) is 58.4 Å². The molecule has 0 aliphatic carbocycles. The fourth-order valence-electron chi connectivity index (χ4n) is 1.58. The van der Waals surface area contributed by atoms with Gasteiger partial charge in [-0.2, -0.15) is 0 Å². The molecule has 0 unspecified atom stereocenters. The monoisotopic (exact) mass is 279 g/mol. The van der Waals surface area contributed by atoms with Crippen molar-refractivity contribution in [2.24, 2.45) is 11.7 Å². The van der Waals surface area contributed by atoms with Crippen LogP contribution in [0.1, 0.15) is 19.4 Å². The zero-order valence-electron chi connectivity index (χ0n) is 11.6. The van der Waals surface area contributed by atoms with E-state index in [0.717, 1.165) is 11.3 Å². The first-order chi connectivity index (χ1) is 8.90. The van der Waals surface area contributed by atoms with Gasteiger partial charge in [0, 0.05) is 24.8 Å². The van der Waals surface area contributed by atoms with Gasteiger partial charge in [0.2, 0.25) is 5.91 Å². The minimum Gasteiger partial charge on any atom is -0.389 e. The molecule has 1 aromatic rings. The Labute approximate surface area is 120 Å². The van der Waals surface area contributed by atoms with Gasteiger partial charge < -0.3 is 16.0 Å². The number of hydrogen-bond acceptors (Lipinski definition) is 3. The fourth-order valence-corrected chi connectivity index (χ4v) is 1.70. The van der Waals surface area contributed by atoms with Gasteiger partial charge in [0.05, 0.1) is 6.54 Å². The molecule has 0 atom stereocenters. The van der Waals surface area contributed by atoms with E-state index < -0.39 is 0 Å². The molecule has 0 radical (unpaired) electrons. The van der Waals surface area contributed by atoms with E-state index in [2.05, 4.69) is 19.2 Å². The number of thiocarbonyl (C=S) groups is 1. The van der Waals surface area contributed by atoms with Crippen LogP contribution in [0.3, 0.4) is 0 Å². The van der Waals surface area contributed by atoms with Gasteiger partial charge in [-0.15, -0.1) is 0 Å². The molecule has 0 spiro atoms. The van der Waals surface area contributed by atoms with Crippen LogP contribution in [-0.2, 0) is 4.79 Å². The van der Waals surface area contributed by atoms with E-state index in [0.29, 0.717) is 24.0 Å². The first-order valence-corrected chi connectivity index (χ1v) is 6.68. The molecule has 104 valence electrons. The van der Waals surface area contributed by atoms with Crippen LogP contribution < -0.4 is 16.0 Å². The Morgan fingerprint density at radius 3 is 2.74 bits per heavy atom. The minimum absolute atomic E-state index is 0.0110. The lowest BCUT2D eigenvalue weighted by atomic mass is 10.2. The quantitative estimate of drug-likeness (QED) is 0.775. The van der Waals surface area contributed by atoms with Gasteiger partial charge in [-0.25, -0.2) is 0 Å². The van der Waals surface area contributed by atoms with Gasteiger partial charge in [0.15, 0.2) is 0 Å². The van der Waals surface area contributed by atoms with Gasteiger partial charge in [-0.3, -0.25) is 4.79 Å². The molecule has 0 aromatic heterocycles. The van der Waals surface area contributed by atoms with Crippen LogP contribution in [0, 0.1) is 5.92 Å². The molecular weight excluding hydrogens is 258 g/mol. The van der Waals surface area contributed by atoms with Crippen molar-refractivity contribution in [2.75, 3.05) is 25.0 Å². The highest BCUT2D eigenvalue weighted by molar-refractivity contribution is 7.80.